The van der Waals surface area contributed by atoms with Gasteiger partial charge in [0.15, 0.2) is 0 Å². The fourth-order valence-corrected chi connectivity index (χ4v) is 1.01. The van der Waals surface area contributed by atoms with Crippen molar-refractivity contribution in [1.82, 2.24) is 4.98 Å². The number of halogens is 3. The Morgan fingerprint density at radius 3 is 2.20 bits per heavy atom. The number of hydrogen-bond donors (Lipinski definition) is 1. The van der Waals surface area contributed by atoms with Gasteiger partial charge in [0.2, 0.25) is 0 Å². The molecule has 1 rings (SSSR count). The first-order valence-electron chi connectivity index (χ1n) is 4.68. The van der Waals surface area contributed by atoms with Crippen molar-refractivity contribution in [3.63, 3.8) is 0 Å². The van der Waals surface area contributed by atoms with Crippen molar-refractivity contribution in [2.75, 3.05) is 0 Å². The van der Waals surface area contributed by atoms with E-state index in [1.165, 1.54) is 6.92 Å². The number of nitrogens with zero attached hydrogens (tertiary/aromatic N) is 1. The third-order valence-electron chi connectivity index (χ3n) is 1.54. The Hall–Kier alpha value is -1.10. The maximum absolute atomic E-state index is 12.2. The van der Waals surface area contributed by atoms with Gasteiger partial charge in [-0.25, -0.2) is 0 Å². The Morgan fingerprint density at radius 1 is 1.27 bits per heavy atom. The molecule has 0 aliphatic carbocycles. The fraction of sp³-hybridized carbons (Fsp3) is 0.500. The van der Waals surface area contributed by atoms with Crippen LogP contribution in [-0.4, -0.2) is 4.98 Å². The second-order valence-corrected chi connectivity index (χ2v) is 2.69. The predicted octanol–water partition coefficient (Wildman–Crippen LogP) is 2.89. The summed E-state index contributed by atoms with van der Waals surface area (Å²) in [5, 5.41) is 0. The van der Waals surface area contributed by atoms with Crippen LogP contribution in [0, 0.1) is 6.92 Å². The summed E-state index contributed by atoms with van der Waals surface area (Å²) in [4.78, 5) is 3.84. The smallest absolute Gasteiger partial charge is 0.325 e. The monoisotopic (exact) mass is 220 g/mol. The first-order valence-corrected chi connectivity index (χ1v) is 4.68. The van der Waals surface area contributed by atoms with Gasteiger partial charge >= 0.3 is 6.18 Å². The minimum absolute atomic E-state index is 0.0186. The Labute approximate surface area is 87.3 Å². The van der Waals surface area contributed by atoms with Gasteiger partial charge in [0.1, 0.15) is 0 Å². The summed E-state index contributed by atoms with van der Waals surface area (Å²) >= 11 is 0. The zero-order valence-corrected chi connectivity index (χ0v) is 9.02. The van der Waals surface area contributed by atoms with E-state index in [0.717, 1.165) is 12.1 Å². The van der Waals surface area contributed by atoms with E-state index in [2.05, 4.69) is 4.98 Å². The van der Waals surface area contributed by atoms with Crippen molar-refractivity contribution >= 4 is 0 Å². The molecule has 0 radical (unpaired) electrons. The molecular weight excluding hydrogens is 205 g/mol. The summed E-state index contributed by atoms with van der Waals surface area (Å²) in [5.74, 6) is 0. The number of aryl methyl sites for hydroxylation is 1. The molecule has 0 unspecified atom stereocenters. The molecule has 0 saturated heterocycles. The third-order valence-corrected chi connectivity index (χ3v) is 1.54. The van der Waals surface area contributed by atoms with Crippen LogP contribution in [0.15, 0.2) is 12.1 Å². The molecule has 1 aromatic rings. The molecule has 2 nitrogen and oxygen atoms in total. The second kappa shape index (κ2) is 5.70. The van der Waals surface area contributed by atoms with Crippen LogP contribution in [0.25, 0.3) is 0 Å². The molecule has 1 heterocycles. The highest BCUT2D eigenvalue weighted by Gasteiger charge is 2.30. The highest BCUT2D eigenvalue weighted by atomic mass is 19.4. The Balaban J connectivity index is 0.000000921. The van der Waals surface area contributed by atoms with Gasteiger partial charge in [0, 0.05) is 12.2 Å². The van der Waals surface area contributed by atoms with E-state index in [-0.39, 0.29) is 12.2 Å². The Morgan fingerprint density at radius 2 is 1.80 bits per heavy atom. The number of pyridine rings is 1. The van der Waals surface area contributed by atoms with Gasteiger partial charge in [-0.15, -0.1) is 0 Å². The van der Waals surface area contributed by atoms with Crippen molar-refractivity contribution in [3.05, 3.63) is 29.1 Å². The Bertz CT molecular complexity index is 308. The van der Waals surface area contributed by atoms with Gasteiger partial charge in [-0.05, 0) is 19.1 Å². The molecule has 0 fully saturated rings. The van der Waals surface area contributed by atoms with E-state index in [0.29, 0.717) is 5.69 Å². The lowest BCUT2D eigenvalue weighted by Gasteiger charge is -2.08. The van der Waals surface area contributed by atoms with Gasteiger partial charge in [0.25, 0.3) is 0 Å². The quantitative estimate of drug-likeness (QED) is 0.790. The van der Waals surface area contributed by atoms with Crippen LogP contribution in [0.1, 0.15) is 30.8 Å². The topological polar surface area (TPSA) is 38.9 Å². The molecule has 0 bridgehead atoms. The van der Waals surface area contributed by atoms with E-state index < -0.39 is 11.7 Å². The standard InChI is InChI=1S/C8H9F3N2.C2H6/c1-5-2-6(8(9,10)11)3-7(4-12)13-5;1-2/h2-3H,4,12H2,1H3;1-2H3. The lowest BCUT2D eigenvalue weighted by Crippen LogP contribution is -2.09. The van der Waals surface area contributed by atoms with Crippen molar-refractivity contribution in [3.8, 4) is 0 Å². The first kappa shape index (κ1) is 13.9. The van der Waals surface area contributed by atoms with Gasteiger partial charge in [0.05, 0.1) is 11.3 Å². The molecule has 2 N–H and O–H groups in total. The molecule has 0 amide bonds. The van der Waals surface area contributed by atoms with Crippen LogP contribution in [-0.2, 0) is 12.7 Å². The predicted molar refractivity (Wildman–Crippen MR) is 53.2 cm³/mol. The average Bonchev–Trinajstić information content (AvgIpc) is 2.18. The molecule has 0 atom stereocenters. The highest BCUT2D eigenvalue weighted by Crippen LogP contribution is 2.29. The van der Waals surface area contributed by atoms with Crippen LogP contribution in [0.2, 0.25) is 0 Å². The Kier molecular flexibility index (Phi) is 5.28. The zero-order chi connectivity index (χ0) is 12.1. The van der Waals surface area contributed by atoms with Crippen LogP contribution in [0.5, 0.6) is 0 Å². The minimum atomic E-state index is -4.32. The van der Waals surface area contributed by atoms with Crippen LogP contribution < -0.4 is 5.73 Å². The van der Waals surface area contributed by atoms with E-state index in [9.17, 15) is 13.2 Å². The molecule has 5 heteroatoms. The molecule has 0 aliphatic rings. The lowest BCUT2D eigenvalue weighted by molar-refractivity contribution is -0.137. The number of hydrogen-bond acceptors (Lipinski definition) is 2. The molecule has 86 valence electrons. The number of aromatic nitrogens is 1. The normalized spacial score (nSPS) is 10.6. The zero-order valence-electron chi connectivity index (χ0n) is 9.02. The summed E-state index contributed by atoms with van der Waals surface area (Å²) in [6.07, 6.45) is -4.32. The highest BCUT2D eigenvalue weighted by molar-refractivity contribution is 5.23. The van der Waals surface area contributed by atoms with Gasteiger partial charge in [-0.3, -0.25) is 4.98 Å². The molecular formula is C10H15F3N2. The summed E-state index contributed by atoms with van der Waals surface area (Å²) in [6, 6.07) is 1.96. The van der Waals surface area contributed by atoms with E-state index in [4.69, 9.17) is 5.73 Å². The van der Waals surface area contributed by atoms with Crippen LogP contribution in [0.3, 0.4) is 0 Å². The van der Waals surface area contributed by atoms with Crippen molar-refractivity contribution < 1.29 is 13.2 Å². The van der Waals surface area contributed by atoms with Gasteiger partial charge < -0.3 is 5.73 Å². The summed E-state index contributed by atoms with van der Waals surface area (Å²) in [5.41, 5.74) is 5.09. The average molecular weight is 220 g/mol. The van der Waals surface area contributed by atoms with Crippen molar-refractivity contribution in [2.45, 2.75) is 33.5 Å². The maximum Gasteiger partial charge on any atom is 0.416 e. The summed E-state index contributed by atoms with van der Waals surface area (Å²) < 4.78 is 36.6. The van der Waals surface area contributed by atoms with E-state index in [1.54, 1.807) is 0 Å². The lowest BCUT2D eigenvalue weighted by atomic mass is 10.2. The van der Waals surface area contributed by atoms with Crippen molar-refractivity contribution in [1.29, 1.82) is 0 Å². The second-order valence-electron chi connectivity index (χ2n) is 2.69. The van der Waals surface area contributed by atoms with Gasteiger partial charge in [-0.1, -0.05) is 13.8 Å². The molecule has 0 aliphatic heterocycles. The van der Waals surface area contributed by atoms with Crippen LogP contribution >= 0.6 is 0 Å². The molecule has 15 heavy (non-hydrogen) atoms. The van der Waals surface area contributed by atoms with Crippen LogP contribution in [0.4, 0.5) is 13.2 Å². The summed E-state index contributed by atoms with van der Waals surface area (Å²) in [6.45, 7) is 5.53. The third kappa shape index (κ3) is 4.29. The molecule has 0 aromatic carbocycles. The first-order chi connectivity index (χ1) is 6.93. The van der Waals surface area contributed by atoms with E-state index >= 15 is 0 Å². The fourth-order valence-electron chi connectivity index (χ4n) is 1.01. The molecule has 0 spiro atoms. The van der Waals surface area contributed by atoms with E-state index in [1.807, 2.05) is 13.8 Å². The largest absolute Gasteiger partial charge is 0.416 e. The molecule has 1 aromatic heterocycles. The van der Waals surface area contributed by atoms with Crippen molar-refractivity contribution in [2.24, 2.45) is 5.73 Å². The minimum Gasteiger partial charge on any atom is -0.325 e. The SMILES string of the molecule is CC.Cc1cc(C(F)(F)F)cc(CN)n1. The number of alkyl halides is 3. The maximum atomic E-state index is 12.2. The number of rotatable bonds is 1. The van der Waals surface area contributed by atoms with Gasteiger partial charge in [-0.2, -0.15) is 13.2 Å². The molecule has 0 saturated carbocycles. The number of nitrogens with two attached hydrogens (primary N) is 1. The summed E-state index contributed by atoms with van der Waals surface area (Å²) in [7, 11) is 0.